The number of rotatable bonds is 18. The van der Waals surface area contributed by atoms with Gasteiger partial charge in [-0.05, 0) is 146 Å². The Balaban J connectivity index is 1.11. The van der Waals surface area contributed by atoms with Gasteiger partial charge < -0.3 is 35.1 Å². The highest BCUT2D eigenvalue weighted by Crippen LogP contribution is 2.48. The van der Waals surface area contributed by atoms with Crippen LogP contribution in [0.15, 0.2) is 147 Å². The van der Waals surface area contributed by atoms with E-state index in [0.717, 1.165) is 36.6 Å². The van der Waals surface area contributed by atoms with Gasteiger partial charge in [0.25, 0.3) is 20.2 Å². The van der Waals surface area contributed by atoms with Crippen molar-refractivity contribution in [3.8, 4) is 5.75 Å². The van der Waals surface area contributed by atoms with Crippen LogP contribution in [0.25, 0.3) is 10.8 Å². The molecule has 0 bridgehead atoms. The molecular formula is C43H30Cl2N13O15S6-3. The SMILES string of the molecule is CS(=O)(=O)c1cccc(Nc2nc(Cl)nc(Cc3ccc(N=Nc4c(S(=O)(=O)O)cc5cc(S(=O)[O-])c(N=Nc6ccc(Cc7nc(Cl)nc(Nc8cccc(S(=O)[O-])c8)n7)cc6S(=O)(=O)O)c(O)c5c4N)c(S(=O)[O-])c3)n2)c1. The molecule has 79 heavy (non-hydrogen) atoms. The van der Waals surface area contributed by atoms with Crippen molar-refractivity contribution < 1.29 is 65.8 Å². The van der Waals surface area contributed by atoms with E-state index in [1.807, 2.05) is 0 Å². The number of fused-ring (bicyclic) bond motifs is 1. The Morgan fingerprint density at radius 2 is 1.13 bits per heavy atom. The van der Waals surface area contributed by atoms with E-state index in [4.69, 9.17) is 28.9 Å². The Morgan fingerprint density at radius 1 is 0.595 bits per heavy atom. The average Bonchev–Trinajstić information content (AvgIpc) is 3.44. The summed E-state index contributed by atoms with van der Waals surface area (Å²) in [5.74, 6) is -1.35. The molecule has 0 saturated carbocycles. The molecule has 410 valence electrons. The van der Waals surface area contributed by atoms with E-state index < -0.39 is 128 Å². The first-order chi connectivity index (χ1) is 37.1. The molecular weight excluding hydrogens is 1200 g/mol. The first kappa shape index (κ1) is 57.8. The molecule has 2 aromatic heterocycles. The quantitative estimate of drug-likeness (QED) is 0.0220. The van der Waals surface area contributed by atoms with E-state index in [1.165, 1.54) is 54.6 Å². The Hall–Kier alpha value is -7.32. The lowest BCUT2D eigenvalue weighted by Crippen LogP contribution is -2.06. The number of sulfone groups is 1. The minimum atomic E-state index is -5.34. The number of benzene rings is 6. The molecule has 36 heteroatoms. The van der Waals surface area contributed by atoms with Crippen LogP contribution in [0, 0.1) is 0 Å². The molecule has 7 N–H and O–H groups in total. The molecule has 3 atom stereocenters. The highest BCUT2D eigenvalue weighted by Gasteiger charge is 2.26. The first-order valence-electron chi connectivity index (χ1n) is 21.3. The van der Waals surface area contributed by atoms with Gasteiger partial charge in [0.2, 0.25) is 22.5 Å². The van der Waals surface area contributed by atoms with Crippen molar-refractivity contribution in [3.63, 3.8) is 0 Å². The lowest BCUT2D eigenvalue weighted by molar-refractivity contribution is 0.479. The normalized spacial score (nSPS) is 13.5. The van der Waals surface area contributed by atoms with Crippen molar-refractivity contribution >= 4 is 149 Å². The number of anilines is 5. The number of hydrogen-bond acceptors (Lipinski definition) is 26. The van der Waals surface area contributed by atoms with E-state index in [1.54, 1.807) is 6.07 Å². The molecule has 8 rings (SSSR count). The maximum absolute atomic E-state index is 12.8. The fraction of sp³-hybridized carbons (Fsp3) is 0.0698. The Morgan fingerprint density at radius 3 is 1.68 bits per heavy atom. The molecule has 3 unspecified atom stereocenters. The number of nitrogens with zero attached hydrogens (tertiary/aromatic N) is 10. The van der Waals surface area contributed by atoms with Crippen LogP contribution in [0.2, 0.25) is 10.6 Å². The number of azo groups is 2. The van der Waals surface area contributed by atoms with Crippen LogP contribution < -0.4 is 16.4 Å². The van der Waals surface area contributed by atoms with Crippen LogP contribution in [0.1, 0.15) is 22.8 Å². The summed E-state index contributed by atoms with van der Waals surface area (Å²) in [5, 5.41) is 30.9. The van der Waals surface area contributed by atoms with E-state index in [2.05, 4.69) is 61.0 Å². The molecule has 0 radical (unpaired) electrons. The van der Waals surface area contributed by atoms with Crippen LogP contribution in [0.5, 0.6) is 5.75 Å². The highest BCUT2D eigenvalue weighted by atomic mass is 35.5. The van der Waals surface area contributed by atoms with Crippen LogP contribution in [-0.4, -0.2) is 102 Å². The summed E-state index contributed by atoms with van der Waals surface area (Å²) in [6.07, 6.45) is 0.597. The summed E-state index contributed by atoms with van der Waals surface area (Å²) in [6, 6.07) is 19.7. The third-order valence-corrected chi connectivity index (χ3v) is 15.8. The fourth-order valence-corrected chi connectivity index (χ4v) is 11.1. The number of halogens is 2. The molecule has 0 amide bonds. The molecule has 8 aromatic rings. The fourth-order valence-electron chi connectivity index (χ4n) is 7.24. The molecule has 2 heterocycles. The Labute approximate surface area is 463 Å². The topological polar surface area (TPSA) is 460 Å². The zero-order chi connectivity index (χ0) is 57.3. The second-order valence-corrected chi connectivity index (χ2v) is 24.3. The largest absolute Gasteiger partial charge is 0.768 e. The minimum absolute atomic E-state index is 0.00511. The van der Waals surface area contributed by atoms with E-state index in [9.17, 15) is 65.8 Å². The predicted octanol–water partition coefficient (Wildman–Crippen LogP) is 6.91. The van der Waals surface area contributed by atoms with Crippen LogP contribution in [-0.2, 0) is 76.2 Å². The van der Waals surface area contributed by atoms with Crippen molar-refractivity contribution in [3.05, 3.63) is 130 Å². The number of phenolic OH excluding ortho intramolecular Hbond substituents is 1. The van der Waals surface area contributed by atoms with E-state index in [-0.39, 0.29) is 79.2 Å². The standard InChI is InChI=1S/C43H33Cl2N13O15S6/c1-77(66,67)26-7-3-5-24(19-26)48-43-51-33(49-40(44)54-43)14-20-8-10-27(29(12-20)75(62)63)55-58-38-32(79(71,72)73)17-22-16-30(76(64)65)37(39(59)35(22)36(38)46)57-56-28-11-9-21(13-31(28)78(68,69)70)15-34-50-41(45)53-42(52-34)47-23-4-2-6-25(18-23)74(60)61/h2-13,16-19,59H,14-15,46H2,1H3,(H,60,61)(H,62,63)(H,64,65)(H,68,69,70)(H,71,72,73)(H,47,50,52,53)(H,48,49,51,54)/p-3. The number of phenols is 1. The van der Waals surface area contributed by atoms with Gasteiger partial charge >= 0.3 is 0 Å². The van der Waals surface area contributed by atoms with Gasteiger partial charge in [-0.25, -0.2) is 18.4 Å². The van der Waals surface area contributed by atoms with Gasteiger partial charge in [0.05, 0.1) is 25.8 Å². The lowest BCUT2D eigenvalue weighted by atomic mass is 10.1. The highest BCUT2D eigenvalue weighted by molar-refractivity contribution is 7.90. The van der Waals surface area contributed by atoms with E-state index >= 15 is 0 Å². The third kappa shape index (κ3) is 13.9. The summed E-state index contributed by atoms with van der Waals surface area (Å²) < 4.78 is 169. The molecule has 0 aliphatic heterocycles. The van der Waals surface area contributed by atoms with Gasteiger partial charge in [-0.1, -0.05) is 24.3 Å². The average molecular weight is 1230 g/mol. The van der Waals surface area contributed by atoms with Gasteiger partial charge in [-0.15, -0.1) is 20.5 Å². The molecule has 28 nitrogen and oxygen atoms in total. The summed E-state index contributed by atoms with van der Waals surface area (Å²) >= 11 is 3.32. The van der Waals surface area contributed by atoms with Gasteiger partial charge in [0, 0.05) is 35.4 Å². The molecule has 0 fully saturated rings. The maximum atomic E-state index is 12.8. The number of nitrogens with two attached hydrogens (primary N) is 1. The number of hydrogen-bond donors (Lipinski definition) is 6. The molecule has 0 spiro atoms. The summed E-state index contributed by atoms with van der Waals surface area (Å²) in [5.41, 5.74) is 3.66. The van der Waals surface area contributed by atoms with Crippen molar-refractivity contribution in [2.24, 2.45) is 20.5 Å². The molecule has 0 saturated heterocycles. The Bertz CT molecular complexity index is 4320. The third-order valence-electron chi connectivity index (χ3n) is 10.6. The predicted molar refractivity (Wildman–Crippen MR) is 280 cm³/mol. The van der Waals surface area contributed by atoms with Crippen molar-refractivity contribution in [1.82, 2.24) is 29.9 Å². The van der Waals surface area contributed by atoms with Crippen LogP contribution in [0.3, 0.4) is 0 Å². The second-order valence-electron chi connectivity index (χ2n) is 16.1. The summed E-state index contributed by atoms with van der Waals surface area (Å²) in [7, 11) is -14.1. The minimum Gasteiger partial charge on any atom is -0.768 e. The first-order valence-corrected chi connectivity index (χ1v) is 30.1. The zero-order valence-corrected chi connectivity index (χ0v) is 45.6. The molecule has 0 aliphatic rings. The number of aromatic hydroxyl groups is 1. The molecule has 0 aliphatic carbocycles. The zero-order valence-electron chi connectivity index (χ0n) is 39.1. The maximum Gasteiger partial charge on any atom is 0.296 e. The van der Waals surface area contributed by atoms with Gasteiger partial charge in [-0.3, -0.25) is 21.7 Å². The smallest absolute Gasteiger partial charge is 0.296 e. The number of nitrogens with one attached hydrogen (secondary N) is 2. The summed E-state index contributed by atoms with van der Waals surface area (Å²) in [4.78, 5) is 21.1. The van der Waals surface area contributed by atoms with Gasteiger partial charge in [-0.2, -0.15) is 36.8 Å². The van der Waals surface area contributed by atoms with Crippen molar-refractivity contribution in [2.75, 3.05) is 22.6 Å². The molecule has 6 aromatic carbocycles. The number of aromatic nitrogens is 6. The summed E-state index contributed by atoms with van der Waals surface area (Å²) in [6.45, 7) is 0. The van der Waals surface area contributed by atoms with Crippen molar-refractivity contribution in [2.45, 2.75) is 42.2 Å². The van der Waals surface area contributed by atoms with Crippen LogP contribution >= 0.6 is 23.2 Å². The van der Waals surface area contributed by atoms with Crippen molar-refractivity contribution in [1.29, 1.82) is 0 Å². The number of nitrogen functional groups attached to an aromatic ring is 1. The van der Waals surface area contributed by atoms with Gasteiger partial charge in [0.1, 0.15) is 44.2 Å². The lowest BCUT2D eigenvalue weighted by Gasteiger charge is -2.16. The van der Waals surface area contributed by atoms with Crippen LogP contribution in [0.4, 0.5) is 51.7 Å². The monoisotopic (exact) mass is 1230 g/mol. The van der Waals surface area contributed by atoms with E-state index in [0.29, 0.717) is 6.07 Å². The van der Waals surface area contributed by atoms with Gasteiger partial charge in [0.15, 0.2) is 15.6 Å². The Kier molecular flexibility index (Phi) is 17.0. The second kappa shape index (κ2) is 23.2.